The molecule has 0 radical (unpaired) electrons. The lowest BCUT2D eigenvalue weighted by Gasteiger charge is -2.09. The zero-order valence-corrected chi connectivity index (χ0v) is 17.7. The standard InChI is InChI=1S/C24H21ClN4O/c1-15-8-6-10-18(14-15)23-27-22(28-29(23)21-13-5-4-9-16(21)2)24(30)26-20-12-7-11-19(25)17(20)3/h4-14H,1-3H3,(H,26,30). The van der Waals surface area contributed by atoms with Crippen LogP contribution in [0.5, 0.6) is 0 Å². The predicted molar refractivity (Wildman–Crippen MR) is 120 cm³/mol. The number of hydrogen-bond acceptors (Lipinski definition) is 3. The van der Waals surface area contributed by atoms with E-state index < -0.39 is 0 Å². The molecule has 1 aromatic heterocycles. The topological polar surface area (TPSA) is 59.8 Å². The molecule has 150 valence electrons. The molecular formula is C24H21ClN4O. The number of amides is 1. The van der Waals surface area contributed by atoms with Crippen molar-refractivity contribution in [2.24, 2.45) is 0 Å². The van der Waals surface area contributed by atoms with Crippen LogP contribution in [0.2, 0.25) is 5.02 Å². The van der Waals surface area contributed by atoms with Crippen LogP contribution in [0.3, 0.4) is 0 Å². The van der Waals surface area contributed by atoms with Crippen LogP contribution in [-0.4, -0.2) is 20.7 Å². The lowest BCUT2D eigenvalue weighted by molar-refractivity contribution is 0.101. The van der Waals surface area contributed by atoms with Gasteiger partial charge in [-0.1, -0.05) is 59.6 Å². The molecule has 6 heteroatoms. The summed E-state index contributed by atoms with van der Waals surface area (Å²) in [6.07, 6.45) is 0. The Hall–Kier alpha value is -3.44. The number of aryl methyl sites for hydroxylation is 2. The van der Waals surface area contributed by atoms with Gasteiger partial charge in [-0.25, -0.2) is 9.67 Å². The number of hydrogen-bond donors (Lipinski definition) is 1. The molecule has 0 bridgehead atoms. The van der Waals surface area contributed by atoms with Gasteiger partial charge in [-0.15, -0.1) is 5.10 Å². The first kappa shape index (κ1) is 19.9. The van der Waals surface area contributed by atoms with Gasteiger partial charge in [-0.05, 0) is 56.2 Å². The molecule has 3 aromatic carbocycles. The van der Waals surface area contributed by atoms with E-state index in [0.717, 1.165) is 27.9 Å². The Kier molecular flexibility index (Phi) is 5.38. The molecule has 0 unspecified atom stereocenters. The van der Waals surface area contributed by atoms with E-state index in [1.54, 1.807) is 22.9 Å². The van der Waals surface area contributed by atoms with Crippen molar-refractivity contribution < 1.29 is 4.79 Å². The minimum Gasteiger partial charge on any atom is -0.319 e. The number of halogens is 1. The molecule has 0 aliphatic carbocycles. The minimum absolute atomic E-state index is 0.0918. The van der Waals surface area contributed by atoms with E-state index in [9.17, 15) is 4.79 Å². The number of nitrogens with zero attached hydrogens (tertiary/aromatic N) is 3. The first-order valence-electron chi connectivity index (χ1n) is 9.60. The summed E-state index contributed by atoms with van der Waals surface area (Å²) in [4.78, 5) is 17.6. The summed E-state index contributed by atoms with van der Waals surface area (Å²) in [6.45, 7) is 5.88. The Bertz CT molecular complexity index is 1250. The zero-order valence-electron chi connectivity index (χ0n) is 17.0. The van der Waals surface area contributed by atoms with Crippen molar-refractivity contribution in [1.29, 1.82) is 0 Å². The van der Waals surface area contributed by atoms with Crippen LogP contribution in [0.25, 0.3) is 17.1 Å². The van der Waals surface area contributed by atoms with Crippen molar-refractivity contribution in [1.82, 2.24) is 14.8 Å². The summed E-state index contributed by atoms with van der Waals surface area (Å²) in [7, 11) is 0. The van der Waals surface area contributed by atoms with Gasteiger partial charge in [-0.3, -0.25) is 4.79 Å². The van der Waals surface area contributed by atoms with Crippen molar-refractivity contribution in [2.75, 3.05) is 5.32 Å². The Morgan fingerprint density at radius 1 is 0.967 bits per heavy atom. The molecule has 1 heterocycles. The molecular weight excluding hydrogens is 396 g/mol. The second kappa shape index (κ2) is 8.13. The number of benzene rings is 3. The average molecular weight is 417 g/mol. The SMILES string of the molecule is Cc1cccc(-c2nc(C(=O)Nc3cccc(Cl)c3C)nn2-c2ccccc2C)c1. The largest absolute Gasteiger partial charge is 0.319 e. The number of carbonyl (C=O) groups is 1. The summed E-state index contributed by atoms with van der Waals surface area (Å²) in [6, 6.07) is 21.3. The van der Waals surface area contributed by atoms with E-state index in [1.165, 1.54) is 0 Å². The highest BCUT2D eigenvalue weighted by molar-refractivity contribution is 6.31. The molecule has 1 amide bonds. The first-order valence-corrected chi connectivity index (χ1v) is 9.98. The summed E-state index contributed by atoms with van der Waals surface area (Å²) in [5, 5.41) is 8.02. The lowest BCUT2D eigenvalue weighted by atomic mass is 10.1. The fourth-order valence-corrected chi connectivity index (χ4v) is 3.44. The van der Waals surface area contributed by atoms with E-state index in [-0.39, 0.29) is 11.7 Å². The number of para-hydroxylation sites is 1. The normalized spacial score (nSPS) is 10.8. The van der Waals surface area contributed by atoms with Gasteiger partial charge in [0, 0.05) is 16.3 Å². The van der Waals surface area contributed by atoms with Crippen molar-refractivity contribution in [3.8, 4) is 17.1 Å². The third-order valence-electron chi connectivity index (χ3n) is 4.95. The molecule has 0 saturated heterocycles. The van der Waals surface area contributed by atoms with Crippen LogP contribution in [0, 0.1) is 20.8 Å². The van der Waals surface area contributed by atoms with Gasteiger partial charge in [0.1, 0.15) is 0 Å². The molecule has 0 spiro atoms. The van der Waals surface area contributed by atoms with Crippen molar-refractivity contribution >= 4 is 23.2 Å². The van der Waals surface area contributed by atoms with Crippen molar-refractivity contribution in [3.05, 3.63) is 94.3 Å². The monoisotopic (exact) mass is 416 g/mol. The van der Waals surface area contributed by atoms with Crippen LogP contribution < -0.4 is 5.32 Å². The average Bonchev–Trinajstić information content (AvgIpc) is 3.17. The van der Waals surface area contributed by atoms with Gasteiger partial charge in [0.2, 0.25) is 5.82 Å². The van der Waals surface area contributed by atoms with Crippen LogP contribution in [0.1, 0.15) is 27.3 Å². The fraction of sp³-hybridized carbons (Fsp3) is 0.125. The Morgan fingerprint density at radius 2 is 1.73 bits per heavy atom. The zero-order chi connectivity index (χ0) is 21.3. The summed E-state index contributed by atoms with van der Waals surface area (Å²) >= 11 is 6.18. The van der Waals surface area contributed by atoms with Gasteiger partial charge < -0.3 is 5.32 Å². The molecule has 1 N–H and O–H groups in total. The van der Waals surface area contributed by atoms with Crippen LogP contribution >= 0.6 is 11.6 Å². The Labute approximate surface area is 180 Å². The quantitative estimate of drug-likeness (QED) is 0.459. The lowest BCUT2D eigenvalue weighted by Crippen LogP contribution is -2.15. The number of anilines is 1. The summed E-state index contributed by atoms with van der Waals surface area (Å²) < 4.78 is 1.73. The highest BCUT2D eigenvalue weighted by atomic mass is 35.5. The van der Waals surface area contributed by atoms with Crippen LogP contribution in [0.4, 0.5) is 5.69 Å². The molecule has 30 heavy (non-hydrogen) atoms. The Morgan fingerprint density at radius 3 is 2.50 bits per heavy atom. The second-order valence-electron chi connectivity index (χ2n) is 7.19. The van der Waals surface area contributed by atoms with E-state index in [4.69, 9.17) is 11.6 Å². The van der Waals surface area contributed by atoms with E-state index in [0.29, 0.717) is 16.5 Å². The maximum absolute atomic E-state index is 13.0. The summed E-state index contributed by atoms with van der Waals surface area (Å²) in [5.41, 5.74) is 5.34. The van der Waals surface area contributed by atoms with E-state index in [1.807, 2.05) is 69.3 Å². The van der Waals surface area contributed by atoms with Crippen molar-refractivity contribution in [2.45, 2.75) is 20.8 Å². The molecule has 0 saturated carbocycles. The molecule has 4 rings (SSSR count). The third kappa shape index (κ3) is 3.84. The van der Waals surface area contributed by atoms with Crippen molar-refractivity contribution in [3.63, 3.8) is 0 Å². The number of nitrogens with one attached hydrogen (secondary N) is 1. The van der Waals surface area contributed by atoms with Gasteiger partial charge >= 0.3 is 0 Å². The molecule has 0 aliphatic rings. The number of rotatable bonds is 4. The fourth-order valence-electron chi connectivity index (χ4n) is 3.27. The first-order chi connectivity index (χ1) is 14.4. The molecule has 5 nitrogen and oxygen atoms in total. The van der Waals surface area contributed by atoms with Gasteiger partial charge in [0.25, 0.3) is 5.91 Å². The molecule has 0 aliphatic heterocycles. The molecule has 4 aromatic rings. The highest BCUT2D eigenvalue weighted by Gasteiger charge is 2.20. The van der Waals surface area contributed by atoms with Gasteiger partial charge in [-0.2, -0.15) is 0 Å². The number of aromatic nitrogens is 3. The van der Waals surface area contributed by atoms with Gasteiger partial charge in [0.15, 0.2) is 5.82 Å². The van der Waals surface area contributed by atoms with E-state index in [2.05, 4.69) is 15.4 Å². The smallest absolute Gasteiger partial charge is 0.295 e. The predicted octanol–water partition coefficient (Wildman–Crippen LogP) is 5.77. The second-order valence-corrected chi connectivity index (χ2v) is 7.60. The van der Waals surface area contributed by atoms with Crippen LogP contribution in [-0.2, 0) is 0 Å². The molecule has 0 fully saturated rings. The maximum atomic E-state index is 13.0. The minimum atomic E-state index is -0.387. The molecule has 0 atom stereocenters. The highest BCUT2D eigenvalue weighted by Crippen LogP contribution is 2.26. The van der Waals surface area contributed by atoms with E-state index >= 15 is 0 Å². The number of carbonyl (C=O) groups excluding carboxylic acids is 1. The summed E-state index contributed by atoms with van der Waals surface area (Å²) in [5.74, 6) is 0.316. The van der Waals surface area contributed by atoms with Crippen LogP contribution in [0.15, 0.2) is 66.7 Å². The maximum Gasteiger partial charge on any atom is 0.295 e. The third-order valence-corrected chi connectivity index (χ3v) is 5.36. The Balaban J connectivity index is 1.80. The van der Waals surface area contributed by atoms with Gasteiger partial charge in [0.05, 0.1) is 5.69 Å².